The van der Waals surface area contributed by atoms with Crippen LogP contribution in [-0.2, 0) is 10.0 Å². The SMILES string of the molecule is CCC(N)CNS(=O)(=O)c1cccc(C#N)c1. The topological polar surface area (TPSA) is 96.0 Å². The number of benzene rings is 1. The van der Waals surface area contributed by atoms with Crippen LogP contribution < -0.4 is 10.5 Å². The summed E-state index contributed by atoms with van der Waals surface area (Å²) < 4.78 is 26.1. The average molecular weight is 253 g/mol. The molecule has 1 atom stereocenters. The highest BCUT2D eigenvalue weighted by Crippen LogP contribution is 2.10. The first-order valence-corrected chi connectivity index (χ1v) is 6.73. The van der Waals surface area contributed by atoms with E-state index >= 15 is 0 Å². The number of nitrogens with two attached hydrogens (primary N) is 1. The minimum absolute atomic E-state index is 0.0832. The fraction of sp³-hybridized carbons (Fsp3) is 0.364. The molecule has 1 unspecified atom stereocenters. The molecular formula is C11H15N3O2S. The minimum atomic E-state index is -3.58. The average Bonchev–Trinajstić information content (AvgIpc) is 2.36. The van der Waals surface area contributed by atoms with Crippen LogP contribution in [0.2, 0.25) is 0 Å². The van der Waals surface area contributed by atoms with E-state index in [0.29, 0.717) is 12.0 Å². The number of nitrogens with zero attached hydrogens (tertiary/aromatic N) is 1. The highest BCUT2D eigenvalue weighted by atomic mass is 32.2. The summed E-state index contributed by atoms with van der Waals surface area (Å²) in [5.74, 6) is 0. The van der Waals surface area contributed by atoms with E-state index in [0.717, 1.165) is 0 Å². The zero-order valence-electron chi connectivity index (χ0n) is 9.55. The quantitative estimate of drug-likeness (QED) is 0.802. The van der Waals surface area contributed by atoms with E-state index in [2.05, 4.69) is 4.72 Å². The smallest absolute Gasteiger partial charge is 0.240 e. The molecule has 0 aliphatic carbocycles. The van der Waals surface area contributed by atoms with Crippen molar-refractivity contribution >= 4 is 10.0 Å². The Kier molecular flexibility index (Phi) is 4.63. The monoisotopic (exact) mass is 253 g/mol. The van der Waals surface area contributed by atoms with Gasteiger partial charge in [-0.25, -0.2) is 13.1 Å². The first-order chi connectivity index (χ1) is 7.99. The third-order valence-corrected chi connectivity index (χ3v) is 3.75. The minimum Gasteiger partial charge on any atom is -0.327 e. The van der Waals surface area contributed by atoms with Crippen LogP contribution in [-0.4, -0.2) is 21.0 Å². The zero-order chi connectivity index (χ0) is 12.9. The lowest BCUT2D eigenvalue weighted by molar-refractivity contribution is 0.564. The molecule has 0 heterocycles. The third kappa shape index (κ3) is 3.82. The lowest BCUT2D eigenvalue weighted by atomic mass is 10.2. The molecule has 1 aromatic rings. The Labute approximate surface area is 101 Å². The van der Waals surface area contributed by atoms with E-state index in [9.17, 15) is 8.42 Å². The molecule has 0 radical (unpaired) electrons. The molecule has 0 saturated heterocycles. The van der Waals surface area contributed by atoms with Crippen LogP contribution in [0.25, 0.3) is 0 Å². The standard InChI is InChI=1S/C11H15N3O2S/c1-2-10(13)8-14-17(15,16)11-5-3-4-9(6-11)7-12/h3-6,10,14H,2,8,13H2,1H3. The van der Waals surface area contributed by atoms with Gasteiger partial charge in [-0.05, 0) is 24.6 Å². The molecule has 92 valence electrons. The fourth-order valence-corrected chi connectivity index (χ4v) is 2.32. The molecule has 0 fully saturated rings. The number of hydrogen-bond donors (Lipinski definition) is 2. The van der Waals surface area contributed by atoms with Crippen LogP contribution in [0.15, 0.2) is 29.2 Å². The summed E-state index contributed by atoms with van der Waals surface area (Å²) in [7, 11) is -3.58. The van der Waals surface area contributed by atoms with E-state index in [-0.39, 0.29) is 17.5 Å². The van der Waals surface area contributed by atoms with Crippen molar-refractivity contribution in [3.8, 4) is 6.07 Å². The van der Waals surface area contributed by atoms with E-state index in [1.165, 1.54) is 18.2 Å². The van der Waals surface area contributed by atoms with Gasteiger partial charge in [0.05, 0.1) is 16.5 Å². The van der Waals surface area contributed by atoms with Crippen LogP contribution in [0.3, 0.4) is 0 Å². The largest absolute Gasteiger partial charge is 0.327 e. The molecule has 0 aliphatic heterocycles. The number of sulfonamides is 1. The van der Waals surface area contributed by atoms with Crippen molar-refractivity contribution in [1.29, 1.82) is 5.26 Å². The maximum Gasteiger partial charge on any atom is 0.240 e. The maximum atomic E-state index is 11.8. The molecule has 3 N–H and O–H groups in total. The first kappa shape index (κ1) is 13.6. The lowest BCUT2D eigenvalue weighted by Gasteiger charge is -2.10. The number of nitrogens with one attached hydrogen (secondary N) is 1. The Morgan fingerprint density at radius 3 is 2.82 bits per heavy atom. The Morgan fingerprint density at radius 2 is 2.24 bits per heavy atom. The van der Waals surface area contributed by atoms with Crippen molar-refractivity contribution in [1.82, 2.24) is 4.72 Å². The van der Waals surface area contributed by atoms with Crippen molar-refractivity contribution in [3.05, 3.63) is 29.8 Å². The van der Waals surface area contributed by atoms with E-state index < -0.39 is 10.0 Å². The molecule has 0 saturated carbocycles. The fourth-order valence-electron chi connectivity index (χ4n) is 1.18. The van der Waals surface area contributed by atoms with Crippen molar-refractivity contribution < 1.29 is 8.42 Å². The lowest BCUT2D eigenvalue weighted by Crippen LogP contribution is -2.36. The number of rotatable bonds is 5. The molecule has 1 aromatic carbocycles. The summed E-state index contributed by atoms with van der Waals surface area (Å²) in [6, 6.07) is 7.56. The van der Waals surface area contributed by atoms with Gasteiger partial charge in [-0.3, -0.25) is 0 Å². The predicted octanol–water partition coefficient (Wildman–Crippen LogP) is 0.574. The van der Waals surface area contributed by atoms with Gasteiger partial charge in [0.2, 0.25) is 10.0 Å². The summed E-state index contributed by atoms with van der Waals surface area (Å²) in [6.45, 7) is 2.07. The zero-order valence-corrected chi connectivity index (χ0v) is 10.4. The normalized spacial score (nSPS) is 13.0. The van der Waals surface area contributed by atoms with Crippen LogP contribution in [0, 0.1) is 11.3 Å². The molecule has 0 bridgehead atoms. The molecule has 0 spiro atoms. The maximum absolute atomic E-state index is 11.8. The molecule has 0 amide bonds. The van der Waals surface area contributed by atoms with Gasteiger partial charge in [-0.15, -0.1) is 0 Å². The van der Waals surface area contributed by atoms with Gasteiger partial charge in [0.1, 0.15) is 0 Å². The van der Waals surface area contributed by atoms with Crippen molar-refractivity contribution in [2.24, 2.45) is 5.73 Å². The van der Waals surface area contributed by atoms with Gasteiger partial charge >= 0.3 is 0 Å². The van der Waals surface area contributed by atoms with Crippen LogP contribution in [0.4, 0.5) is 0 Å². The summed E-state index contributed by atoms with van der Waals surface area (Å²) in [5, 5.41) is 8.70. The molecule has 0 aromatic heterocycles. The van der Waals surface area contributed by atoms with Gasteiger partial charge in [0.15, 0.2) is 0 Å². The Morgan fingerprint density at radius 1 is 1.53 bits per heavy atom. The second-order valence-electron chi connectivity index (χ2n) is 3.66. The summed E-state index contributed by atoms with van der Waals surface area (Å²) in [6.07, 6.45) is 0.695. The van der Waals surface area contributed by atoms with E-state index in [1.54, 1.807) is 6.07 Å². The van der Waals surface area contributed by atoms with Crippen molar-refractivity contribution in [2.45, 2.75) is 24.3 Å². The highest BCUT2D eigenvalue weighted by Gasteiger charge is 2.14. The molecule has 5 nitrogen and oxygen atoms in total. The van der Waals surface area contributed by atoms with Gasteiger partial charge in [0.25, 0.3) is 0 Å². The van der Waals surface area contributed by atoms with Gasteiger partial charge in [-0.1, -0.05) is 13.0 Å². The Balaban J connectivity index is 2.86. The van der Waals surface area contributed by atoms with Crippen LogP contribution >= 0.6 is 0 Å². The molecular weight excluding hydrogens is 238 g/mol. The van der Waals surface area contributed by atoms with Crippen molar-refractivity contribution in [2.75, 3.05) is 6.54 Å². The van der Waals surface area contributed by atoms with E-state index in [1.807, 2.05) is 13.0 Å². The number of nitriles is 1. The number of hydrogen-bond acceptors (Lipinski definition) is 4. The van der Waals surface area contributed by atoms with Crippen LogP contribution in [0.1, 0.15) is 18.9 Å². The Hall–Kier alpha value is -1.42. The van der Waals surface area contributed by atoms with E-state index in [4.69, 9.17) is 11.0 Å². The second-order valence-corrected chi connectivity index (χ2v) is 5.43. The Bertz CT molecular complexity index is 520. The second kappa shape index (κ2) is 5.77. The highest BCUT2D eigenvalue weighted by molar-refractivity contribution is 7.89. The predicted molar refractivity (Wildman–Crippen MR) is 64.6 cm³/mol. The molecule has 1 rings (SSSR count). The van der Waals surface area contributed by atoms with Gasteiger partial charge in [0, 0.05) is 12.6 Å². The summed E-state index contributed by atoms with van der Waals surface area (Å²) >= 11 is 0. The van der Waals surface area contributed by atoms with Gasteiger partial charge < -0.3 is 5.73 Å². The summed E-state index contributed by atoms with van der Waals surface area (Å²) in [4.78, 5) is 0.0832. The molecule has 0 aliphatic rings. The third-order valence-electron chi connectivity index (χ3n) is 2.33. The summed E-state index contributed by atoms with van der Waals surface area (Å²) in [5.41, 5.74) is 5.95. The van der Waals surface area contributed by atoms with Crippen molar-refractivity contribution in [3.63, 3.8) is 0 Å². The van der Waals surface area contributed by atoms with Crippen LogP contribution in [0.5, 0.6) is 0 Å². The molecule has 17 heavy (non-hydrogen) atoms. The molecule has 6 heteroatoms. The first-order valence-electron chi connectivity index (χ1n) is 5.25. The van der Waals surface area contributed by atoms with Gasteiger partial charge in [-0.2, -0.15) is 5.26 Å².